The average Bonchev–Trinajstić information content (AvgIpc) is 3.21. The van der Waals surface area contributed by atoms with Crippen molar-refractivity contribution in [1.29, 1.82) is 0 Å². The Hall–Kier alpha value is -3.83. The lowest BCUT2D eigenvalue weighted by molar-refractivity contribution is -0.178. The van der Waals surface area contributed by atoms with Crippen LogP contribution >= 0.6 is 0 Å². The van der Waals surface area contributed by atoms with Crippen molar-refractivity contribution in [2.75, 3.05) is 7.11 Å². The molecule has 0 amide bonds. The fraction of sp³-hybridized carbons (Fsp3) is 0.182. The van der Waals surface area contributed by atoms with E-state index < -0.39 is 22.9 Å². The number of carbonyl (C=O) groups is 1. The van der Waals surface area contributed by atoms with Crippen LogP contribution in [0.15, 0.2) is 120 Å². The third-order valence-corrected chi connectivity index (χ3v) is 8.49. The van der Waals surface area contributed by atoms with Crippen molar-refractivity contribution in [3.05, 3.63) is 154 Å². The highest BCUT2D eigenvalue weighted by molar-refractivity contribution is 6.13. The predicted molar refractivity (Wildman–Crippen MR) is 140 cm³/mol. The molecule has 1 spiro atoms. The molecule has 2 atom stereocenters. The lowest BCUT2D eigenvalue weighted by atomic mass is 9.48. The monoisotopic (exact) mass is 486 g/mol. The van der Waals surface area contributed by atoms with Gasteiger partial charge in [0, 0.05) is 29.4 Å². The van der Waals surface area contributed by atoms with Crippen molar-refractivity contribution < 1.29 is 19.4 Å². The van der Waals surface area contributed by atoms with E-state index in [1.807, 2.05) is 104 Å². The number of rotatable bonds is 4. The summed E-state index contributed by atoms with van der Waals surface area (Å²) >= 11 is 0. The van der Waals surface area contributed by atoms with Crippen molar-refractivity contribution in [1.82, 2.24) is 0 Å². The molecule has 3 aliphatic carbocycles. The van der Waals surface area contributed by atoms with Gasteiger partial charge in [0.2, 0.25) is 5.79 Å². The Balaban J connectivity index is 1.70. The minimum atomic E-state index is -1.83. The number of ether oxygens (including phenoxy) is 2. The summed E-state index contributed by atoms with van der Waals surface area (Å²) in [5, 5.41) is 12.6. The maximum atomic E-state index is 14.6. The van der Waals surface area contributed by atoms with Crippen molar-refractivity contribution in [2.24, 2.45) is 0 Å². The van der Waals surface area contributed by atoms with Gasteiger partial charge in [0.1, 0.15) is 5.60 Å². The van der Waals surface area contributed by atoms with Crippen LogP contribution in [-0.4, -0.2) is 24.1 Å². The van der Waals surface area contributed by atoms with Gasteiger partial charge in [0.25, 0.3) is 0 Å². The van der Waals surface area contributed by atoms with Gasteiger partial charge in [-0.25, -0.2) is 0 Å². The Labute approximate surface area is 215 Å². The smallest absolute Gasteiger partial charge is 0.218 e. The number of carbonyl (C=O) groups excluding carboxylic acids is 1. The molecule has 0 radical (unpaired) electrons. The summed E-state index contributed by atoms with van der Waals surface area (Å²) in [5.74, 6) is -2.01. The number of aliphatic hydroxyl groups is 1. The Bertz CT molecular complexity index is 1540. The van der Waals surface area contributed by atoms with Gasteiger partial charge in [-0.2, -0.15) is 0 Å². The molecule has 4 aliphatic rings. The molecule has 1 heterocycles. The highest BCUT2D eigenvalue weighted by atomic mass is 16.6. The quantitative estimate of drug-likeness (QED) is 0.380. The highest BCUT2D eigenvalue weighted by Gasteiger charge is 2.72. The molecule has 1 unspecified atom stereocenters. The number of benzene rings is 4. The number of Topliss-reactive ketones (excluding diaryl/α,β-unsaturated/α-hetero) is 1. The van der Waals surface area contributed by atoms with E-state index in [1.165, 1.54) is 0 Å². The lowest BCUT2D eigenvalue weighted by Gasteiger charge is -2.55. The Morgan fingerprint density at radius 3 is 1.78 bits per heavy atom. The van der Waals surface area contributed by atoms with Crippen molar-refractivity contribution in [2.45, 2.75) is 29.8 Å². The number of hydrogen-bond acceptors (Lipinski definition) is 4. The zero-order valence-electron chi connectivity index (χ0n) is 20.6. The minimum Gasteiger partial charge on any atom is -0.364 e. The summed E-state index contributed by atoms with van der Waals surface area (Å²) in [4.78, 5) is 14.6. The second-order valence-electron chi connectivity index (χ2n) is 10.00. The standard InChI is InChI=1S/C33H26O4/c1-21-31-24-17-9-11-19-26(24)32(36-2,27-20-12-10-18-25(27)31)28(29(34)22-13-5-3-6-14-22)30(31)33(35,37-21)23-15-7-4-8-16-23/h3-21,35H,1-2H3/t21-,31?,32?,33?/m0/s1. The van der Waals surface area contributed by atoms with E-state index in [2.05, 4.69) is 12.1 Å². The van der Waals surface area contributed by atoms with Gasteiger partial charge in [-0.15, -0.1) is 0 Å². The number of hydrogen-bond donors (Lipinski definition) is 1. The van der Waals surface area contributed by atoms with Crippen LogP contribution in [0.5, 0.6) is 0 Å². The summed E-state index contributed by atoms with van der Waals surface area (Å²) in [6.07, 6.45) is -0.469. The van der Waals surface area contributed by atoms with Gasteiger partial charge in [0.05, 0.1) is 11.5 Å². The topological polar surface area (TPSA) is 55.8 Å². The maximum absolute atomic E-state index is 14.6. The summed E-state index contributed by atoms with van der Waals surface area (Å²) in [6.45, 7) is 1.99. The van der Waals surface area contributed by atoms with Crippen LogP contribution in [0.4, 0.5) is 0 Å². The van der Waals surface area contributed by atoms with E-state index in [-0.39, 0.29) is 5.78 Å². The maximum Gasteiger partial charge on any atom is 0.218 e. The third-order valence-electron chi connectivity index (χ3n) is 8.49. The molecule has 0 aromatic heterocycles. The Morgan fingerprint density at radius 1 is 0.757 bits per heavy atom. The molecule has 8 rings (SSSR count). The molecule has 2 bridgehead atoms. The molecule has 4 aromatic carbocycles. The molecule has 1 aliphatic heterocycles. The zero-order valence-corrected chi connectivity index (χ0v) is 20.6. The van der Waals surface area contributed by atoms with Gasteiger partial charge in [-0.05, 0) is 29.2 Å². The molecule has 4 heteroatoms. The first-order chi connectivity index (χ1) is 18.0. The fourth-order valence-electron chi connectivity index (χ4n) is 7.16. The van der Waals surface area contributed by atoms with E-state index in [0.717, 1.165) is 22.3 Å². The van der Waals surface area contributed by atoms with Crippen LogP contribution in [0.25, 0.3) is 0 Å². The van der Waals surface area contributed by atoms with Crippen LogP contribution in [0.3, 0.4) is 0 Å². The van der Waals surface area contributed by atoms with Crippen molar-refractivity contribution in [3.63, 3.8) is 0 Å². The normalized spacial score (nSPS) is 29.0. The fourth-order valence-corrected chi connectivity index (χ4v) is 7.16. The van der Waals surface area contributed by atoms with E-state index in [1.54, 1.807) is 7.11 Å². The predicted octanol–water partition coefficient (Wildman–Crippen LogP) is 5.63. The van der Waals surface area contributed by atoms with Crippen LogP contribution in [0.1, 0.15) is 45.1 Å². The number of ketones is 1. The summed E-state index contributed by atoms with van der Waals surface area (Å²) < 4.78 is 13.1. The molecule has 0 saturated carbocycles. The van der Waals surface area contributed by atoms with E-state index in [4.69, 9.17) is 9.47 Å². The Kier molecular flexibility index (Phi) is 4.59. The molecular weight excluding hydrogens is 460 g/mol. The van der Waals surface area contributed by atoms with E-state index in [9.17, 15) is 9.90 Å². The minimum absolute atomic E-state index is 0.183. The molecule has 1 saturated heterocycles. The SMILES string of the molecule is COC12C(C(=O)c3ccccc3)=C3C(O)(c4ccccc4)O[C@@H](C)C3(c3ccccc31)c1ccccc12. The number of methoxy groups -OCH3 is 1. The molecule has 1 fully saturated rings. The van der Waals surface area contributed by atoms with Gasteiger partial charge < -0.3 is 14.6 Å². The van der Waals surface area contributed by atoms with Gasteiger partial charge in [0.15, 0.2) is 5.78 Å². The second-order valence-corrected chi connectivity index (χ2v) is 10.00. The van der Waals surface area contributed by atoms with Gasteiger partial charge in [-0.3, -0.25) is 4.79 Å². The third kappa shape index (κ3) is 2.50. The van der Waals surface area contributed by atoms with Crippen LogP contribution in [0, 0.1) is 0 Å². The lowest BCUT2D eigenvalue weighted by Crippen LogP contribution is -2.56. The second kappa shape index (κ2) is 7.59. The van der Waals surface area contributed by atoms with Gasteiger partial charge in [-0.1, -0.05) is 109 Å². The molecular formula is C33H26O4. The van der Waals surface area contributed by atoms with E-state index >= 15 is 0 Å². The van der Waals surface area contributed by atoms with Gasteiger partial charge >= 0.3 is 0 Å². The first-order valence-electron chi connectivity index (χ1n) is 12.6. The van der Waals surface area contributed by atoms with Crippen molar-refractivity contribution in [3.8, 4) is 0 Å². The van der Waals surface area contributed by atoms with Crippen LogP contribution < -0.4 is 0 Å². The highest BCUT2D eigenvalue weighted by Crippen LogP contribution is 2.70. The summed E-state index contributed by atoms with van der Waals surface area (Å²) in [5.41, 5.74) is 3.81. The molecule has 37 heavy (non-hydrogen) atoms. The molecule has 4 nitrogen and oxygen atoms in total. The van der Waals surface area contributed by atoms with Crippen LogP contribution in [0.2, 0.25) is 0 Å². The summed E-state index contributed by atoms with van der Waals surface area (Å²) in [6, 6.07) is 34.8. The van der Waals surface area contributed by atoms with Crippen molar-refractivity contribution >= 4 is 5.78 Å². The zero-order chi connectivity index (χ0) is 25.4. The largest absolute Gasteiger partial charge is 0.364 e. The first-order valence-corrected chi connectivity index (χ1v) is 12.6. The molecule has 182 valence electrons. The van der Waals surface area contributed by atoms with Crippen LogP contribution in [-0.2, 0) is 26.3 Å². The molecule has 4 aromatic rings. The summed E-state index contributed by atoms with van der Waals surface area (Å²) in [7, 11) is 1.64. The average molecular weight is 487 g/mol. The molecule has 1 N–H and O–H groups in total. The first kappa shape index (κ1) is 22.4. The van der Waals surface area contributed by atoms with E-state index in [0.29, 0.717) is 22.3 Å². The Morgan fingerprint density at radius 2 is 1.24 bits per heavy atom.